The van der Waals surface area contributed by atoms with Gasteiger partial charge in [-0.25, -0.2) is 18.4 Å². The maximum absolute atomic E-state index is 12.0. The van der Waals surface area contributed by atoms with E-state index in [0.29, 0.717) is 5.82 Å². The number of esters is 1. The summed E-state index contributed by atoms with van der Waals surface area (Å²) in [6.07, 6.45) is -0.760. The van der Waals surface area contributed by atoms with Crippen molar-refractivity contribution in [3.05, 3.63) is 28.7 Å². The second kappa shape index (κ2) is 6.02. The van der Waals surface area contributed by atoms with Gasteiger partial charge in [0.05, 0.1) is 5.56 Å². The number of rotatable bonds is 4. The molecule has 2 heterocycles. The molecule has 0 aliphatic carbocycles. The first-order valence-electron chi connectivity index (χ1n) is 6.65. The van der Waals surface area contributed by atoms with Crippen molar-refractivity contribution in [2.45, 2.75) is 43.4 Å². The van der Waals surface area contributed by atoms with Crippen LogP contribution in [0.3, 0.4) is 0 Å². The second-order valence-electron chi connectivity index (χ2n) is 5.95. The number of ether oxygens (including phenoxy) is 1. The minimum Gasteiger partial charge on any atom is -0.449 e. The first-order chi connectivity index (χ1) is 10.5. The zero-order valence-corrected chi connectivity index (χ0v) is 14.7. The summed E-state index contributed by atoms with van der Waals surface area (Å²) in [6, 6.07) is 1.17. The van der Waals surface area contributed by atoms with Crippen molar-refractivity contribution in [1.29, 1.82) is 0 Å². The van der Waals surface area contributed by atoms with Crippen LogP contribution >= 0.6 is 11.3 Å². The Hall–Kier alpha value is -1.78. The van der Waals surface area contributed by atoms with Crippen LogP contribution in [0.25, 0.3) is 0 Å². The number of nitrogens with zero attached hydrogens (tertiary/aromatic N) is 2. The number of hydrogen-bond donors (Lipinski definition) is 1. The van der Waals surface area contributed by atoms with E-state index in [0.717, 1.165) is 11.3 Å². The highest BCUT2D eigenvalue weighted by atomic mass is 32.2. The van der Waals surface area contributed by atoms with Gasteiger partial charge in [0.2, 0.25) is 10.0 Å². The van der Waals surface area contributed by atoms with Crippen molar-refractivity contribution in [2.75, 3.05) is 0 Å². The monoisotopic (exact) mass is 359 g/mol. The molecule has 0 fully saturated rings. The molecule has 23 heavy (non-hydrogen) atoms. The molecule has 0 unspecified atom stereocenters. The molecule has 0 aromatic carbocycles. The summed E-state index contributed by atoms with van der Waals surface area (Å²) in [5.41, 5.74) is -0.190. The second-order valence-corrected chi connectivity index (χ2v) is 8.65. The van der Waals surface area contributed by atoms with E-state index in [2.05, 4.69) is 10.1 Å². The highest BCUT2D eigenvalue weighted by molar-refractivity contribution is 7.91. The van der Waals surface area contributed by atoms with Gasteiger partial charge in [-0.15, -0.1) is 11.3 Å². The van der Waals surface area contributed by atoms with Crippen LogP contribution in [-0.2, 0) is 20.2 Å². The van der Waals surface area contributed by atoms with E-state index >= 15 is 0 Å². The fraction of sp³-hybridized carbons (Fsp3) is 0.462. The zero-order valence-electron chi connectivity index (χ0n) is 13.1. The maximum atomic E-state index is 12.0. The van der Waals surface area contributed by atoms with E-state index in [1.54, 1.807) is 6.92 Å². The van der Waals surface area contributed by atoms with Gasteiger partial charge in [0, 0.05) is 10.8 Å². The molecule has 1 atom stereocenters. The van der Waals surface area contributed by atoms with Gasteiger partial charge in [0.25, 0.3) is 5.89 Å². The number of carbonyl (C=O) groups is 1. The number of primary sulfonamides is 1. The van der Waals surface area contributed by atoms with E-state index in [1.165, 1.54) is 11.4 Å². The Morgan fingerprint density at radius 1 is 1.43 bits per heavy atom. The molecular weight excluding hydrogens is 342 g/mol. The lowest BCUT2D eigenvalue weighted by molar-refractivity contribution is 0.0266. The maximum Gasteiger partial charge on any atom is 0.339 e. The Kier molecular flexibility index (Phi) is 4.60. The van der Waals surface area contributed by atoms with Crippen LogP contribution in [0.4, 0.5) is 0 Å². The lowest BCUT2D eigenvalue weighted by atomic mass is 9.96. The van der Waals surface area contributed by atoms with Crippen molar-refractivity contribution < 1.29 is 22.5 Å². The standard InChI is InChI=1S/C13H17N3O5S2/c1-7(10-15-12(16-21-10)13(2,3)4)20-11(17)8-5-9(22-6-8)23(14,18)19/h5-7H,1-4H3,(H2,14,18,19)/t7-/m1/s1. The molecule has 0 saturated heterocycles. The van der Waals surface area contributed by atoms with Crippen LogP contribution in [0, 0.1) is 0 Å². The fourth-order valence-electron chi connectivity index (χ4n) is 1.56. The fourth-order valence-corrected chi connectivity index (χ4v) is 3.13. The summed E-state index contributed by atoms with van der Waals surface area (Å²) in [5.74, 6) is -0.0215. The molecule has 0 amide bonds. The Bertz CT molecular complexity index is 817. The third-order valence-corrected chi connectivity index (χ3v) is 5.22. The smallest absolute Gasteiger partial charge is 0.339 e. The first kappa shape index (κ1) is 17.6. The molecule has 0 bridgehead atoms. The highest BCUT2D eigenvalue weighted by Gasteiger charge is 2.25. The van der Waals surface area contributed by atoms with E-state index in [9.17, 15) is 13.2 Å². The average molecular weight is 359 g/mol. The minimum absolute atomic E-state index is 0.0986. The minimum atomic E-state index is -3.84. The van der Waals surface area contributed by atoms with E-state index < -0.39 is 22.1 Å². The van der Waals surface area contributed by atoms with E-state index in [-0.39, 0.29) is 21.1 Å². The lowest BCUT2D eigenvalue weighted by Gasteiger charge is -2.11. The van der Waals surface area contributed by atoms with Crippen LogP contribution in [0.1, 0.15) is 55.9 Å². The van der Waals surface area contributed by atoms with E-state index in [1.807, 2.05) is 20.8 Å². The molecular formula is C13H17N3O5S2. The summed E-state index contributed by atoms with van der Waals surface area (Å²) < 4.78 is 32.6. The summed E-state index contributed by atoms with van der Waals surface area (Å²) in [6.45, 7) is 7.38. The van der Waals surface area contributed by atoms with Crippen molar-refractivity contribution in [1.82, 2.24) is 10.1 Å². The van der Waals surface area contributed by atoms with Crippen LogP contribution in [0.2, 0.25) is 0 Å². The van der Waals surface area contributed by atoms with Crippen LogP contribution in [-0.4, -0.2) is 24.5 Å². The molecule has 0 spiro atoms. The highest BCUT2D eigenvalue weighted by Crippen LogP contribution is 2.24. The van der Waals surface area contributed by atoms with Gasteiger partial charge in [-0.2, -0.15) is 4.98 Å². The van der Waals surface area contributed by atoms with Gasteiger partial charge in [-0.05, 0) is 13.0 Å². The molecule has 0 aliphatic rings. The molecule has 2 aromatic rings. The van der Waals surface area contributed by atoms with Crippen molar-refractivity contribution in [2.24, 2.45) is 5.14 Å². The number of aromatic nitrogens is 2. The Balaban J connectivity index is 2.11. The third-order valence-electron chi connectivity index (χ3n) is 2.84. The van der Waals surface area contributed by atoms with Gasteiger partial charge >= 0.3 is 5.97 Å². The van der Waals surface area contributed by atoms with Gasteiger partial charge in [0.15, 0.2) is 11.9 Å². The average Bonchev–Trinajstić information content (AvgIpc) is 3.07. The number of sulfonamides is 1. The quantitative estimate of drug-likeness (QED) is 0.827. The van der Waals surface area contributed by atoms with Gasteiger partial charge < -0.3 is 9.26 Å². The van der Waals surface area contributed by atoms with Crippen molar-refractivity contribution in [3.8, 4) is 0 Å². The van der Waals surface area contributed by atoms with Gasteiger partial charge in [-0.1, -0.05) is 25.9 Å². The predicted molar refractivity (Wildman–Crippen MR) is 82.5 cm³/mol. The molecule has 2 aromatic heterocycles. The van der Waals surface area contributed by atoms with Crippen molar-refractivity contribution >= 4 is 27.3 Å². The van der Waals surface area contributed by atoms with E-state index in [4.69, 9.17) is 14.4 Å². The molecule has 0 radical (unpaired) electrons. The molecule has 0 saturated carbocycles. The SMILES string of the molecule is C[C@@H](OC(=O)c1csc(S(N)(=O)=O)c1)c1nc(C(C)(C)C)no1. The third kappa shape index (κ3) is 4.15. The Labute approximate surface area is 137 Å². The molecule has 2 N–H and O–H groups in total. The number of nitrogens with two attached hydrogens (primary N) is 1. The Morgan fingerprint density at radius 3 is 2.57 bits per heavy atom. The van der Waals surface area contributed by atoms with Crippen molar-refractivity contribution in [3.63, 3.8) is 0 Å². The normalized spacial score (nSPS) is 13.8. The summed E-state index contributed by atoms with van der Waals surface area (Å²) >= 11 is 0.850. The molecule has 0 aliphatic heterocycles. The van der Waals surface area contributed by atoms with Gasteiger partial charge in [-0.3, -0.25) is 0 Å². The van der Waals surface area contributed by atoms with Crippen LogP contribution in [0.5, 0.6) is 0 Å². The molecule has 2 rings (SSSR count). The van der Waals surface area contributed by atoms with Gasteiger partial charge in [0.1, 0.15) is 4.21 Å². The number of hydrogen-bond acceptors (Lipinski definition) is 8. The predicted octanol–water partition coefficient (Wildman–Crippen LogP) is 1.99. The topological polar surface area (TPSA) is 125 Å². The zero-order chi connectivity index (χ0) is 17.4. The molecule has 8 nitrogen and oxygen atoms in total. The number of carbonyl (C=O) groups excluding carboxylic acids is 1. The first-order valence-corrected chi connectivity index (χ1v) is 9.07. The Morgan fingerprint density at radius 2 is 2.09 bits per heavy atom. The number of thiophene rings is 1. The lowest BCUT2D eigenvalue weighted by Crippen LogP contribution is -2.14. The summed E-state index contributed by atoms with van der Waals surface area (Å²) in [4.78, 5) is 16.2. The largest absolute Gasteiger partial charge is 0.449 e. The molecule has 10 heteroatoms. The summed E-state index contributed by atoms with van der Waals surface area (Å²) in [7, 11) is -3.84. The van der Waals surface area contributed by atoms with Crippen LogP contribution in [0.15, 0.2) is 20.2 Å². The summed E-state index contributed by atoms with van der Waals surface area (Å²) in [5, 5.41) is 10.2. The van der Waals surface area contributed by atoms with Crippen LogP contribution < -0.4 is 5.14 Å². The molecule has 126 valence electrons.